The average molecular weight is 216 g/mol. The van der Waals surface area contributed by atoms with Crippen LogP contribution in [0.5, 0.6) is 0 Å². The van der Waals surface area contributed by atoms with Crippen molar-refractivity contribution in [1.82, 2.24) is 0 Å². The van der Waals surface area contributed by atoms with E-state index in [0.717, 1.165) is 11.3 Å². The summed E-state index contributed by atoms with van der Waals surface area (Å²) >= 11 is 5.23. The maximum Gasteiger partial charge on any atom is 0.0591 e. The van der Waals surface area contributed by atoms with Crippen molar-refractivity contribution in [3.05, 3.63) is 37.0 Å². The summed E-state index contributed by atoms with van der Waals surface area (Å²) in [6.07, 6.45) is 5.15. The SMILES string of the molecule is C=C/C=C(C=C)/C(C)=N/Cl.CC.CC. The summed E-state index contributed by atoms with van der Waals surface area (Å²) in [5.41, 5.74) is 1.64. The number of hydrogen-bond donors (Lipinski definition) is 0. The van der Waals surface area contributed by atoms with Gasteiger partial charge in [0.1, 0.15) is 0 Å². The second kappa shape index (κ2) is 18.1. The molecule has 0 heterocycles. The van der Waals surface area contributed by atoms with Gasteiger partial charge in [0, 0.05) is 11.8 Å². The van der Waals surface area contributed by atoms with Crippen LogP contribution in [0, 0.1) is 0 Å². The third-order valence-electron chi connectivity index (χ3n) is 1.06. The van der Waals surface area contributed by atoms with Crippen LogP contribution in [-0.4, -0.2) is 5.71 Å². The molecule has 0 rings (SSSR count). The highest BCUT2D eigenvalue weighted by molar-refractivity contribution is 6.22. The zero-order chi connectivity index (χ0) is 12.0. The molecular weight excluding hydrogens is 194 g/mol. The molecule has 0 aliphatic heterocycles. The van der Waals surface area contributed by atoms with Crippen LogP contribution >= 0.6 is 11.8 Å². The van der Waals surface area contributed by atoms with Gasteiger partial charge in [-0.25, -0.2) is 0 Å². The van der Waals surface area contributed by atoms with E-state index in [1.54, 1.807) is 18.2 Å². The van der Waals surface area contributed by atoms with Crippen LogP contribution in [0.25, 0.3) is 0 Å². The molecule has 0 saturated carbocycles. The average Bonchev–Trinajstić information content (AvgIpc) is 2.30. The Kier molecular flexibility index (Phi) is 24.3. The van der Waals surface area contributed by atoms with Gasteiger partial charge in [0.2, 0.25) is 0 Å². The lowest BCUT2D eigenvalue weighted by Crippen LogP contribution is -1.91. The van der Waals surface area contributed by atoms with Gasteiger partial charge in [-0.05, 0) is 12.5 Å². The van der Waals surface area contributed by atoms with Gasteiger partial charge >= 0.3 is 0 Å². The fraction of sp³-hybridized carbons (Fsp3) is 0.417. The summed E-state index contributed by atoms with van der Waals surface area (Å²) in [5, 5.41) is 0. The summed E-state index contributed by atoms with van der Waals surface area (Å²) in [5.74, 6) is 0. The first-order valence-electron chi connectivity index (χ1n) is 4.87. The lowest BCUT2D eigenvalue weighted by atomic mass is 10.1. The predicted molar refractivity (Wildman–Crippen MR) is 70.1 cm³/mol. The van der Waals surface area contributed by atoms with E-state index in [1.807, 2.05) is 34.6 Å². The number of rotatable bonds is 3. The Morgan fingerprint density at radius 3 is 1.79 bits per heavy atom. The lowest BCUT2D eigenvalue weighted by Gasteiger charge is -1.94. The maximum atomic E-state index is 5.23. The first kappa shape index (κ1) is 18.9. The van der Waals surface area contributed by atoms with Crippen LogP contribution in [-0.2, 0) is 0 Å². The van der Waals surface area contributed by atoms with Crippen LogP contribution in [0.3, 0.4) is 0 Å². The fourth-order valence-corrected chi connectivity index (χ4v) is 0.610. The molecule has 0 aliphatic carbocycles. The van der Waals surface area contributed by atoms with E-state index in [-0.39, 0.29) is 0 Å². The van der Waals surface area contributed by atoms with E-state index >= 15 is 0 Å². The second-order valence-electron chi connectivity index (χ2n) is 1.73. The van der Waals surface area contributed by atoms with E-state index in [2.05, 4.69) is 17.7 Å². The number of allylic oxidation sites excluding steroid dienone is 4. The van der Waals surface area contributed by atoms with Crippen LogP contribution < -0.4 is 0 Å². The van der Waals surface area contributed by atoms with Crippen molar-refractivity contribution in [1.29, 1.82) is 0 Å². The molecule has 2 heteroatoms. The van der Waals surface area contributed by atoms with Crippen molar-refractivity contribution < 1.29 is 0 Å². The Morgan fingerprint density at radius 2 is 1.57 bits per heavy atom. The van der Waals surface area contributed by atoms with Gasteiger partial charge in [0.25, 0.3) is 0 Å². The van der Waals surface area contributed by atoms with Gasteiger partial charge < -0.3 is 0 Å². The fourth-order valence-electron chi connectivity index (χ4n) is 0.512. The van der Waals surface area contributed by atoms with Gasteiger partial charge in [0.15, 0.2) is 0 Å². The summed E-state index contributed by atoms with van der Waals surface area (Å²) in [7, 11) is 0. The minimum absolute atomic E-state index is 0.747. The Morgan fingerprint density at radius 1 is 1.14 bits per heavy atom. The second-order valence-corrected chi connectivity index (χ2v) is 1.90. The van der Waals surface area contributed by atoms with Crippen molar-refractivity contribution in [3.8, 4) is 0 Å². The lowest BCUT2D eigenvalue weighted by molar-refractivity contribution is 1.50. The molecule has 82 valence electrons. The van der Waals surface area contributed by atoms with E-state index in [0.29, 0.717) is 0 Å². The van der Waals surface area contributed by atoms with Crippen molar-refractivity contribution in [3.63, 3.8) is 0 Å². The zero-order valence-electron chi connectivity index (χ0n) is 9.97. The topological polar surface area (TPSA) is 12.4 Å². The highest BCUT2D eigenvalue weighted by Crippen LogP contribution is 2.00. The van der Waals surface area contributed by atoms with Crippen LogP contribution in [0.1, 0.15) is 34.6 Å². The molecule has 1 nitrogen and oxygen atoms in total. The maximum absolute atomic E-state index is 5.23. The normalized spacial score (nSPS) is 10.1. The highest BCUT2D eigenvalue weighted by atomic mass is 35.5. The first-order valence-corrected chi connectivity index (χ1v) is 5.21. The highest BCUT2D eigenvalue weighted by Gasteiger charge is 1.92. The van der Waals surface area contributed by atoms with Gasteiger partial charge in [-0.1, -0.05) is 59.1 Å². The molecule has 0 fully saturated rings. The van der Waals surface area contributed by atoms with E-state index in [1.165, 1.54) is 0 Å². The molecule has 0 saturated heterocycles. The van der Waals surface area contributed by atoms with E-state index in [9.17, 15) is 0 Å². The van der Waals surface area contributed by atoms with E-state index < -0.39 is 0 Å². The molecule has 0 aromatic rings. The third-order valence-corrected chi connectivity index (χ3v) is 1.32. The molecule has 0 atom stereocenters. The summed E-state index contributed by atoms with van der Waals surface area (Å²) in [6.45, 7) is 16.9. The first-order chi connectivity index (χ1) is 6.76. The number of nitrogens with zero attached hydrogens (tertiary/aromatic N) is 1. The van der Waals surface area contributed by atoms with Crippen LogP contribution in [0.15, 0.2) is 41.5 Å². The van der Waals surface area contributed by atoms with Crippen LogP contribution in [0.2, 0.25) is 0 Å². The zero-order valence-corrected chi connectivity index (χ0v) is 10.7. The van der Waals surface area contributed by atoms with Crippen LogP contribution in [0.4, 0.5) is 0 Å². The number of hydrogen-bond acceptors (Lipinski definition) is 1. The van der Waals surface area contributed by atoms with Crippen molar-refractivity contribution in [2.24, 2.45) is 4.51 Å². The molecule has 0 aromatic carbocycles. The molecule has 0 bridgehead atoms. The largest absolute Gasteiger partial charge is 0.182 e. The molecular formula is C12H22ClN. The van der Waals surface area contributed by atoms with Crippen molar-refractivity contribution in [2.75, 3.05) is 0 Å². The third kappa shape index (κ3) is 11.2. The minimum Gasteiger partial charge on any atom is -0.182 e. The van der Waals surface area contributed by atoms with Gasteiger partial charge in [-0.15, -0.1) is 0 Å². The Labute approximate surface area is 94.0 Å². The van der Waals surface area contributed by atoms with Gasteiger partial charge in [-0.3, -0.25) is 0 Å². The summed E-state index contributed by atoms with van der Waals surface area (Å²) < 4.78 is 3.48. The molecule has 0 radical (unpaired) electrons. The molecule has 0 aromatic heterocycles. The smallest absolute Gasteiger partial charge is 0.0591 e. The van der Waals surface area contributed by atoms with Gasteiger partial charge in [0.05, 0.1) is 5.71 Å². The Balaban J connectivity index is -0.000000266. The van der Waals surface area contributed by atoms with Crippen molar-refractivity contribution in [2.45, 2.75) is 34.6 Å². The summed E-state index contributed by atoms with van der Waals surface area (Å²) in [6, 6.07) is 0. The van der Waals surface area contributed by atoms with Gasteiger partial charge in [-0.2, -0.15) is 4.51 Å². The quantitative estimate of drug-likeness (QED) is 0.467. The van der Waals surface area contributed by atoms with Crippen molar-refractivity contribution >= 4 is 17.5 Å². The molecule has 0 N–H and O–H groups in total. The monoisotopic (exact) mass is 215 g/mol. The standard InChI is InChI=1S/C8H10ClN.2C2H6/c1-4-6-8(5-2)7(3)10-9;2*1-2/h4-6H,1-2H2,3H3;2*1-2H3/b8-6+,10-7+;;. The Bertz CT molecular complexity index is 190. The predicted octanol–water partition coefficient (Wildman–Crippen LogP) is 4.95. The number of halogens is 1. The minimum atomic E-state index is 0.747. The van der Waals surface area contributed by atoms with E-state index in [4.69, 9.17) is 11.8 Å². The summed E-state index contributed by atoms with van der Waals surface area (Å²) in [4.78, 5) is 0. The molecule has 0 amide bonds. The molecule has 14 heavy (non-hydrogen) atoms. The molecule has 0 spiro atoms. The Hall–Kier alpha value is -0.820. The molecule has 0 aliphatic rings. The molecule has 0 unspecified atom stereocenters.